The van der Waals surface area contributed by atoms with Gasteiger partial charge in [-0.25, -0.2) is 4.79 Å². The fourth-order valence-corrected chi connectivity index (χ4v) is 6.13. The maximum Gasteiger partial charge on any atom is 0.315 e. The highest BCUT2D eigenvalue weighted by Crippen LogP contribution is 2.33. The molecule has 8 heteroatoms. The lowest BCUT2D eigenvalue weighted by atomic mass is 10.0. The molecular formula is C22H38N4O3S. The summed E-state index contributed by atoms with van der Waals surface area (Å²) >= 11 is 1.95. The summed E-state index contributed by atoms with van der Waals surface area (Å²) in [4.78, 5) is 28.5. The maximum atomic E-state index is 12.5. The Kier molecular flexibility index (Phi) is 9.65. The van der Waals surface area contributed by atoms with Crippen molar-refractivity contribution in [1.82, 2.24) is 20.4 Å². The third-order valence-corrected chi connectivity index (χ3v) is 7.88. The summed E-state index contributed by atoms with van der Waals surface area (Å²) in [5.74, 6) is 1.31. The molecule has 0 saturated carbocycles. The second-order valence-corrected chi connectivity index (χ2v) is 9.82. The minimum Gasteiger partial charge on any atom is -0.505 e. The highest BCUT2D eigenvalue weighted by Gasteiger charge is 2.42. The molecule has 0 radical (unpaired) electrons. The molecule has 3 atom stereocenters. The van der Waals surface area contributed by atoms with Gasteiger partial charge < -0.3 is 20.3 Å². The molecule has 3 aliphatic heterocycles. The molecule has 0 bridgehead atoms. The van der Waals surface area contributed by atoms with E-state index in [0.717, 1.165) is 64.2 Å². The number of piperazine rings is 1. The summed E-state index contributed by atoms with van der Waals surface area (Å²) in [5, 5.41) is 6.52. The largest absolute Gasteiger partial charge is 0.505 e. The first kappa shape index (κ1) is 23.3. The van der Waals surface area contributed by atoms with E-state index in [0.29, 0.717) is 17.6 Å². The molecular weight excluding hydrogens is 400 g/mol. The van der Waals surface area contributed by atoms with E-state index < -0.39 is 0 Å². The van der Waals surface area contributed by atoms with Gasteiger partial charge in [-0.3, -0.25) is 9.69 Å². The molecule has 7 nitrogen and oxygen atoms in total. The number of fused-ring (bicyclic) bond motifs is 1. The van der Waals surface area contributed by atoms with Gasteiger partial charge in [0, 0.05) is 43.6 Å². The second-order valence-electron chi connectivity index (χ2n) is 8.55. The van der Waals surface area contributed by atoms with Crippen LogP contribution in [0.3, 0.4) is 0 Å². The van der Waals surface area contributed by atoms with Crippen LogP contribution in [0.1, 0.15) is 51.4 Å². The Morgan fingerprint density at radius 1 is 1.13 bits per heavy atom. The zero-order valence-corrected chi connectivity index (χ0v) is 19.1. The fraction of sp³-hybridized carbons (Fsp3) is 0.818. The third-order valence-electron chi connectivity index (χ3n) is 6.37. The number of amides is 3. The lowest BCUT2D eigenvalue weighted by molar-refractivity contribution is -0.133. The molecule has 3 heterocycles. The van der Waals surface area contributed by atoms with Gasteiger partial charge in [0.2, 0.25) is 5.91 Å². The van der Waals surface area contributed by atoms with Gasteiger partial charge in [-0.05, 0) is 44.7 Å². The highest BCUT2D eigenvalue weighted by molar-refractivity contribution is 8.00. The van der Waals surface area contributed by atoms with E-state index >= 15 is 0 Å². The van der Waals surface area contributed by atoms with Crippen molar-refractivity contribution in [3.8, 4) is 0 Å². The number of methoxy groups -OCH3 is 1. The van der Waals surface area contributed by atoms with Crippen molar-refractivity contribution < 1.29 is 14.3 Å². The van der Waals surface area contributed by atoms with E-state index in [1.165, 1.54) is 19.3 Å². The van der Waals surface area contributed by atoms with Crippen molar-refractivity contribution in [3.05, 3.63) is 12.3 Å². The number of carbonyl (C=O) groups excluding carboxylic acids is 2. The molecule has 0 aromatic rings. The smallest absolute Gasteiger partial charge is 0.315 e. The Morgan fingerprint density at radius 3 is 2.77 bits per heavy atom. The quantitative estimate of drug-likeness (QED) is 0.278. The van der Waals surface area contributed by atoms with Crippen molar-refractivity contribution >= 4 is 23.7 Å². The number of hydrogen-bond donors (Lipinski definition) is 2. The Bertz CT molecular complexity index is 581. The Hall–Kier alpha value is -1.41. The summed E-state index contributed by atoms with van der Waals surface area (Å²) in [6.07, 6.45) is 12.3. The van der Waals surface area contributed by atoms with Gasteiger partial charge in [-0.15, -0.1) is 0 Å². The van der Waals surface area contributed by atoms with E-state index in [2.05, 4.69) is 21.6 Å². The number of allylic oxidation sites excluding steroid dienone is 1. The lowest BCUT2D eigenvalue weighted by Crippen LogP contribution is -2.48. The molecule has 2 N–H and O–H groups in total. The second kappa shape index (κ2) is 12.4. The fourth-order valence-electron chi connectivity index (χ4n) is 4.58. The molecule has 3 rings (SSSR count). The monoisotopic (exact) mass is 438 g/mol. The average Bonchev–Trinajstić information content (AvgIpc) is 3.30. The van der Waals surface area contributed by atoms with Gasteiger partial charge in [-0.1, -0.05) is 12.8 Å². The van der Waals surface area contributed by atoms with Crippen molar-refractivity contribution in [2.45, 2.75) is 68.7 Å². The summed E-state index contributed by atoms with van der Waals surface area (Å²) in [7, 11) is 1.68. The summed E-state index contributed by atoms with van der Waals surface area (Å²) < 4.78 is 4.91. The standard InChI is InChI=1S/C22H38N4O3S/c1-29-16-8-4-2-3-7-11-25-12-14-26(15-13-25)20(27)10-6-5-9-19-21-18(17-30-19)23-22(28)24-21/h8,16,18-19,21H,2-7,9-15,17H2,1H3,(H2,23,24,28). The van der Waals surface area contributed by atoms with E-state index in [4.69, 9.17) is 4.74 Å². The molecule has 0 aromatic heterocycles. The van der Waals surface area contributed by atoms with Crippen LogP contribution in [0.2, 0.25) is 0 Å². The number of unbranched alkanes of at least 4 members (excludes halogenated alkanes) is 4. The van der Waals surface area contributed by atoms with Gasteiger partial charge in [0.1, 0.15) is 0 Å². The first-order chi connectivity index (χ1) is 14.7. The number of thioether (sulfide) groups is 1. The molecule has 0 aromatic carbocycles. The Labute approximate surface area is 185 Å². The van der Waals surface area contributed by atoms with Crippen LogP contribution in [-0.2, 0) is 9.53 Å². The van der Waals surface area contributed by atoms with Crippen LogP contribution in [0.25, 0.3) is 0 Å². The number of rotatable bonds is 12. The minimum atomic E-state index is -0.0242. The van der Waals surface area contributed by atoms with Gasteiger partial charge >= 0.3 is 6.03 Å². The highest BCUT2D eigenvalue weighted by atomic mass is 32.2. The van der Waals surface area contributed by atoms with Crippen LogP contribution in [0.4, 0.5) is 4.79 Å². The van der Waals surface area contributed by atoms with Crippen LogP contribution in [-0.4, -0.2) is 84.7 Å². The van der Waals surface area contributed by atoms with Gasteiger partial charge in [-0.2, -0.15) is 11.8 Å². The van der Waals surface area contributed by atoms with E-state index in [1.54, 1.807) is 13.4 Å². The Morgan fingerprint density at radius 2 is 1.97 bits per heavy atom. The summed E-state index contributed by atoms with van der Waals surface area (Å²) in [6.45, 7) is 4.89. The number of nitrogens with zero attached hydrogens (tertiary/aromatic N) is 2. The van der Waals surface area contributed by atoms with E-state index in [1.807, 2.05) is 16.7 Å². The summed E-state index contributed by atoms with van der Waals surface area (Å²) in [6, 6.07) is 0.537. The van der Waals surface area contributed by atoms with E-state index in [-0.39, 0.29) is 18.1 Å². The topological polar surface area (TPSA) is 73.9 Å². The summed E-state index contributed by atoms with van der Waals surface area (Å²) in [5.41, 5.74) is 0. The predicted molar refractivity (Wildman–Crippen MR) is 122 cm³/mol. The van der Waals surface area contributed by atoms with Crippen molar-refractivity contribution in [2.24, 2.45) is 0 Å². The molecule has 3 saturated heterocycles. The first-order valence-corrected chi connectivity index (χ1v) is 12.6. The molecule has 3 aliphatic rings. The lowest BCUT2D eigenvalue weighted by Gasteiger charge is -2.34. The minimum absolute atomic E-state index is 0.0242. The Balaban J connectivity index is 1.20. The number of hydrogen-bond acceptors (Lipinski definition) is 5. The normalized spacial score (nSPS) is 26.6. The van der Waals surface area contributed by atoms with Gasteiger partial charge in [0.05, 0.1) is 25.5 Å². The maximum absolute atomic E-state index is 12.5. The van der Waals surface area contributed by atoms with Crippen LogP contribution in [0, 0.1) is 0 Å². The number of ether oxygens (including phenoxy) is 1. The number of carbonyl (C=O) groups is 2. The van der Waals surface area contributed by atoms with Crippen molar-refractivity contribution in [3.63, 3.8) is 0 Å². The molecule has 3 fully saturated rings. The predicted octanol–water partition coefficient (Wildman–Crippen LogP) is 2.58. The molecule has 170 valence electrons. The van der Waals surface area contributed by atoms with E-state index in [9.17, 15) is 9.59 Å². The van der Waals surface area contributed by atoms with Gasteiger partial charge in [0.15, 0.2) is 0 Å². The molecule has 3 amide bonds. The number of urea groups is 1. The molecule has 30 heavy (non-hydrogen) atoms. The van der Waals surface area contributed by atoms with Crippen molar-refractivity contribution in [2.75, 3.05) is 45.6 Å². The zero-order chi connectivity index (χ0) is 21.2. The first-order valence-electron chi connectivity index (χ1n) is 11.5. The van der Waals surface area contributed by atoms with Crippen LogP contribution >= 0.6 is 11.8 Å². The van der Waals surface area contributed by atoms with Crippen LogP contribution in [0.5, 0.6) is 0 Å². The molecule has 0 aliphatic carbocycles. The molecule has 3 unspecified atom stereocenters. The average molecular weight is 439 g/mol. The van der Waals surface area contributed by atoms with Crippen LogP contribution in [0.15, 0.2) is 12.3 Å². The zero-order valence-electron chi connectivity index (χ0n) is 18.3. The number of nitrogens with one attached hydrogen (secondary N) is 2. The van der Waals surface area contributed by atoms with Gasteiger partial charge in [0.25, 0.3) is 0 Å². The SMILES string of the molecule is COC=CCCCCCN1CCN(C(=O)CCCCC2SCC3NC(=O)NC32)CC1. The molecule has 0 spiro atoms. The van der Waals surface area contributed by atoms with Crippen molar-refractivity contribution in [1.29, 1.82) is 0 Å². The van der Waals surface area contributed by atoms with Crippen LogP contribution < -0.4 is 10.6 Å². The third kappa shape index (κ3) is 7.08.